The summed E-state index contributed by atoms with van der Waals surface area (Å²) in [5.74, 6) is 0.631. The van der Waals surface area contributed by atoms with E-state index in [0.29, 0.717) is 16.3 Å². The summed E-state index contributed by atoms with van der Waals surface area (Å²) in [5, 5.41) is 11.4. The van der Waals surface area contributed by atoms with Crippen molar-refractivity contribution in [2.24, 2.45) is 0 Å². The van der Waals surface area contributed by atoms with Gasteiger partial charge < -0.3 is 9.15 Å². The third-order valence-electron chi connectivity index (χ3n) is 3.93. The van der Waals surface area contributed by atoms with Gasteiger partial charge in [-0.15, -0.1) is 0 Å². The fraction of sp³-hybridized carbons (Fsp3) is 0.400. The second-order valence-corrected chi connectivity index (χ2v) is 8.53. The molecular weight excluding hydrogens is 382 g/mol. The Morgan fingerprint density at radius 2 is 1.96 bits per heavy atom. The lowest BCUT2D eigenvalue weighted by atomic mass is 10.3. The molecule has 0 spiro atoms. The first-order valence-electron chi connectivity index (χ1n) is 7.77. The minimum atomic E-state index is -3.91. The van der Waals surface area contributed by atoms with Crippen molar-refractivity contribution in [3.8, 4) is 0 Å². The normalized spacial score (nSPS) is 15.9. The van der Waals surface area contributed by atoms with Crippen LogP contribution < -0.4 is 0 Å². The van der Waals surface area contributed by atoms with Crippen LogP contribution in [-0.2, 0) is 14.8 Å². The molecule has 2 aromatic rings. The number of rotatable bonds is 5. The molecule has 1 aliphatic rings. The summed E-state index contributed by atoms with van der Waals surface area (Å²) < 4.78 is 38.0. The first kappa shape index (κ1) is 18.8. The summed E-state index contributed by atoms with van der Waals surface area (Å²) >= 11 is 1.02. The molecule has 11 heteroatoms. The topological polar surface area (TPSA) is 116 Å². The lowest BCUT2D eigenvalue weighted by molar-refractivity contribution is -0.385. The molecule has 0 aliphatic carbocycles. The zero-order chi connectivity index (χ0) is 18.9. The maximum Gasteiger partial charge on any atom is 0.270 e. The first-order valence-corrected chi connectivity index (χ1v) is 10.0. The summed E-state index contributed by atoms with van der Waals surface area (Å²) in [7, 11) is -3.91. The predicted octanol–water partition coefficient (Wildman–Crippen LogP) is 2.37. The summed E-state index contributed by atoms with van der Waals surface area (Å²) in [6, 6.07) is 3.75. The number of morpholine rings is 1. The molecule has 0 radical (unpaired) electrons. The van der Waals surface area contributed by atoms with E-state index in [0.717, 1.165) is 17.8 Å². The Morgan fingerprint density at radius 1 is 1.27 bits per heavy atom. The highest BCUT2D eigenvalue weighted by Crippen LogP contribution is 2.36. The van der Waals surface area contributed by atoms with E-state index in [1.807, 2.05) is 0 Å². The van der Waals surface area contributed by atoms with Crippen molar-refractivity contribution in [2.45, 2.75) is 28.9 Å². The van der Waals surface area contributed by atoms with Crippen LogP contribution in [0, 0.1) is 24.0 Å². The molecule has 140 valence electrons. The predicted molar refractivity (Wildman–Crippen MR) is 92.8 cm³/mol. The molecule has 0 amide bonds. The van der Waals surface area contributed by atoms with E-state index in [1.54, 1.807) is 13.8 Å². The van der Waals surface area contributed by atoms with Crippen molar-refractivity contribution in [3.63, 3.8) is 0 Å². The van der Waals surface area contributed by atoms with Crippen LogP contribution in [-0.4, -0.2) is 48.9 Å². The second kappa shape index (κ2) is 7.35. The number of non-ortho nitro benzene ring substituents is 1. The molecule has 3 rings (SSSR count). The fourth-order valence-electron chi connectivity index (χ4n) is 2.40. The number of hydrogen-bond acceptors (Lipinski definition) is 8. The van der Waals surface area contributed by atoms with E-state index in [-0.39, 0.29) is 42.1 Å². The molecule has 0 unspecified atom stereocenters. The van der Waals surface area contributed by atoms with Gasteiger partial charge in [0.1, 0.15) is 10.7 Å². The molecule has 1 aromatic heterocycles. The Balaban J connectivity index is 2.05. The maximum atomic E-state index is 13.0. The smallest absolute Gasteiger partial charge is 0.270 e. The summed E-state index contributed by atoms with van der Waals surface area (Å²) in [5.41, 5.74) is 0.410. The van der Waals surface area contributed by atoms with E-state index < -0.39 is 14.9 Å². The third kappa shape index (κ3) is 3.75. The van der Waals surface area contributed by atoms with Crippen LogP contribution in [0.1, 0.15) is 11.5 Å². The number of nitro groups is 1. The van der Waals surface area contributed by atoms with Crippen LogP contribution >= 0.6 is 11.8 Å². The molecular formula is C15H17N3O6S2. The number of aryl methyl sites for hydroxylation is 2. The lowest BCUT2D eigenvalue weighted by Crippen LogP contribution is -2.40. The van der Waals surface area contributed by atoms with Gasteiger partial charge in [0, 0.05) is 30.1 Å². The minimum absolute atomic E-state index is 0.132. The van der Waals surface area contributed by atoms with Crippen LogP contribution in [0.2, 0.25) is 0 Å². The van der Waals surface area contributed by atoms with Gasteiger partial charge >= 0.3 is 0 Å². The minimum Gasteiger partial charge on any atom is -0.436 e. The average molecular weight is 399 g/mol. The maximum absolute atomic E-state index is 13.0. The van der Waals surface area contributed by atoms with E-state index >= 15 is 0 Å². The summed E-state index contributed by atoms with van der Waals surface area (Å²) in [4.78, 5) is 14.9. The van der Waals surface area contributed by atoms with Crippen molar-refractivity contribution >= 4 is 27.5 Å². The highest BCUT2D eigenvalue weighted by atomic mass is 32.2. The number of nitrogens with zero attached hydrogens (tertiary/aromatic N) is 3. The van der Waals surface area contributed by atoms with Crippen LogP contribution in [0.4, 0.5) is 5.69 Å². The van der Waals surface area contributed by atoms with Crippen LogP contribution in [0.25, 0.3) is 0 Å². The van der Waals surface area contributed by atoms with Gasteiger partial charge in [0.05, 0.1) is 23.8 Å². The number of oxazole rings is 1. The number of benzene rings is 1. The number of sulfonamides is 1. The molecule has 9 nitrogen and oxygen atoms in total. The molecule has 2 heterocycles. The third-order valence-corrected chi connectivity index (χ3v) is 6.93. The van der Waals surface area contributed by atoms with Crippen molar-refractivity contribution in [1.82, 2.24) is 9.29 Å². The summed E-state index contributed by atoms with van der Waals surface area (Å²) in [6.07, 6.45) is 0. The Kier molecular flexibility index (Phi) is 5.32. The van der Waals surface area contributed by atoms with E-state index in [2.05, 4.69) is 4.98 Å². The first-order chi connectivity index (χ1) is 12.3. The zero-order valence-corrected chi connectivity index (χ0v) is 15.8. The lowest BCUT2D eigenvalue weighted by Gasteiger charge is -2.26. The van der Waals surface area contributed by atoms with Crippen LogP contribution in [0.5, 0.6) is 0 Å². The fourth-order valence-corrected chi connectivity index (χ4v) is 5.18. The molecule has 0 atom stereocenters. The van der Waals surface area contributed by atoms with Crippen molar-refractivity contribution < 1.29 is 22.5 Å². The number of aromatic nitrogens is 1. The Labute approximate surface area is 154 Å². The number of hydrogen-bond donors (Lipinski definition) is 0. The second-order valence-electron chi connectivity index (χ2n) is 5.63. The number of ether oxygens (including phenoxy) is 1. The highest BCUT2D eigenvalue weighted by molar-refractivity contribution is 8.00. The monoisotopic (exact) mass is 399 g/mol. The zero-order valence-electron chi connectivity index (χ0n) is 14.2. The Morgan fingerprint density at radius 3 is 2.54 bits per heavy atom. The quantitative estimate of drug-likeness (QED) is 0.556. The molecule has 1 fully saturated rings. The van der Waals surface area contributed by atoms with E-state index in [9.17, 15) is 18.5 Å². The van der Waals surface area contributed by atoms with Crippen molar-refractivity contribution in [2.75, 3.05) is 26.3 Å². The van der Waals surface area contributed by atoms with E-state index in [4.69, 9.17) is 9.15 Å². The van der Waals surface area contributed by atoms with Crippen molar-refractivity contribution in [1.29, 1.82) is 0 Å². The van der Waals surface area contributed by atoms with E-state index in [1.165, 1.54) is 16.4 Å². The molecule has 1 aromatic carbocycles. The van der Waals surface area contributed by atoms with Gasteiger partial charge in [0.2, 0.25) is 10.0 Å². The Hall–Kier alpha value is -1.95. The summed E-state index contributed by atoms with van der Waals surface area (Å²) in [6.45, 7) is 4.51. The highest BCUT2D eigenvalue weighted by Gasteiger charge is 2.31. The van der Waals surface area contributed by atoms with Gasteiger partial charge in [-0.3, -0.25) is 10.1 Å². The molecule has 0 bridgehead atoms. The average Bonchev–Trinajstić information content (AvgIpc) is 2.93. The molecule has 0 saturated carbocycles. The van der Waals surface area contributed by atoms with Crippen molar-refractivity contribution in [3.05, 3.63) is 39.8 Å². The van der Waals surface area contributed by atoms with Crippen LogP contribution in [0.3, 0.4) is 0 Å². The van der Waals surface area contributed by atoms with Crippen LogP contribution in [0.15, 0.2) is 37.6 Å². The van der Waals surface area contributed by atoms with Gasteiger partial charge in [-0.05, 0) is 31.7 Å². The molecule has 1 saturated heterocycles. The molecule has 1 aliphatic heterocycles. The largest absolute Gasteiger partial charge is 0.436 e. The number of nitro benzene ring substituents is 1. The van der Waals surface area contributed by atoms with Gasteiger partial charge in [0.15, 0.2) is 0 Å². The Bertz CT molecular complexity index is 915. The van der Waals surface area contributed by atoms with Gasteiger partial charge in [0.25, 0.3) is 10.9 Å². The molecule has 0 N–H and O–H groups in total. The van der Waals surface area contributed by atoms with Gasteiger partial charge in [-0.1, -0.05) is 0 Å². The van der Waals surface area contributed by atoms with Gasteiger partial charge in [-0.2, -0.15) is 4.31 Å². The molecule has 26 heavy (non-hydrogen) atoms. The SMILES string of the molecule is Cc1nc(Sc2ccc([N+](=O)[O-])cc2S(=O)(=O)N2CCOCC2)oc1C. The van der Waals surface area contributed by atoms with Gasteiger partial charge in [-0.25, -0.2) is 13.4 Å². The standard InChI is InChI=1S/C15H17N3O6S2/c1-10-11(2)24-15(16-10)25-13-4-3-12(18(19)20)9-14(13)26(21,22)17-5-7-23-8-6-17/h3-4,9H,5-8H2,1-2H3.